The van der Waals surface area contributed by atoms with Gasteiger partial charge in [-0.25, -0.2) is 4.98 Å². The highest BCUT2D eigenvalue weighted by atomic mass is 32.1. The number of carbonyl (C=O) groups excluding carboxylic acids is 3. The van der Waals surface area contributed by atoms with E-state index in [0.29, 0.717) is 35.9 Å². The van der Waals surface area contributed by atoms with E-state index in [0.717, 1.165) is 5.56 Å². The maximum absolute atomic E-state index is 12.4. The lowest BCUT2D eigenvalue weighted by Gasteiger charge is -2.30. The summed E-state index contributed by atoms with van der Waals surface area (Å²) in [6, 6.07) is 9.67. The Labute approximate surface area is 161 Å². The number of benzene rings is 1. The topological polar surface area (TPSA) is 79.4 Å². The molecule has 140 valence electrons. The second-order valence-electron chi connectivity index (χ2n) is 6.42. The third-order valence-electron chi connectivity index (χ3n) is 4.48. The lowest BCUT2D eigenvalue weighted by Crippen LogP contribution is -2.40. The number of carbonyl (C=O) groups is 3. The van der Waals surface area contributed by atoms with Crippen LogP contribution in [0.25, 0.3) is 6.08 Å². The maximum Gasteiger partial charge on any atom is 0.246 e. The number of nitrogens with zero attached hydrogens (tertiary/aromatic N) is 2. The Morgan fingerprint density at radius 2 is 1.89 bits per heavy atom. The molecule has 2 heterocycles. The summed E-state index contributed by atoms with van der Waals surface area (Å²) in [7, 11) is 0. The number of hydrogen-bond donors (Lipinski definition) is 1. The Balaban J connectivity index is 1.49. The number of Topliss-reactive ketones (excluding diaryl/α,β-unsaturated/α-hetero) is 1. The third kappa shape index (κ3) is 5.10. The minimum absolute atomic E-state index is 0.0382. The minimum Gasteiger partial charge on any atom is -0.339 e. The molecule has 2 amide bonds. The number of ketones is 1. The smallest absolute Gasteiger partial charge is 0.246 e. The lowest BCUT2D eigenvalue weighted by atomic mass is 9.96. The SMILES string of the molecule is CC(=O)c1cnc(NC(=O)C2CCN(C(=O)/C=C/c3ccccc3)CC2)s1. The Kier molecular flexibility index (Phi) is 6.13. The van der Waals surface area contributed by atoms with Crippen LogP contribution in [-0.4, -0.2) is 40.6 Å². The first-order chi connectivity index (χ1) is 13.0. The van der Waals surface area contributed by atoms with Crippen LogP contribution in [0.2, 0.25) is 0 Å². The van der Waals surface area contributed by atoms with E-state index in [-0.39, 0.29) is 23.5 Å². The fraction of sp³-hybridized carbons (Fsp3) is 0.300. The minimum atomic E-state index is -0.156. The predicted molar refractivity (Wildman–Crippen MR) is 106 cm³/mol. The van der Waals surface area contributed by atoms with Crippen LogP contribution in [0.5, 0.6) is 0 Å². The van der Waals surface area contributed by atoms with Crippen LogP contribution in [0.1, 0.15) is 35.0 Å². The van der Waals surface area contributed by atoms with Crippen molar-refractivity contribution in [3.63, 3.8) is 0 Å². The second kappa shape index (κ2) is 8.73. The van der Waals surface area contributed by atoms with Crippen LogP contribution in [0.3, 0.4) is 0 Å². The summed E-state index contributed by atoms with van der Waals surface area (Å²) in [5.41, 5.74) is 0.980. The van der Waals surface area contributed by atoms with Crippen molar-refractivity contribution in [1.29, 1.82) is 0 Å². The normalized spacial score (nSPS) is 15.1. The molecule has 1 saturated heterocycles. The van der Waals surface area contributed by atoms with E-state index in [4.69, 9.17) is 0 Å². The van der Waals surface area contributed by atoms with Crippen LogP contribution < -0.4 is 5.32 Å². The molecule has 1 aromatic carbocycles. The van der Waals surface area contributed by atoms with E-state index in [1.165, 1.54) is 24.5 Å². The van der Waals surface area contributed by atoms with Crippen LogP contribution in [0.4, 0.5) is 5.13 Å². The Hall–Kier alpha value is -2.80. The molecule has 27 heavy (non-hydrogen) atoms. The molecule has 2 aromatic rings. The number of nitrogens with one attached hydrogen (secondary N) is 1. The van der Waals surface area contributed by atoms with Crippen LogP contribution >= 0.6 is 11.3 Å². The van der Waals surface area contributed by atoms with Gasteiger partial charge >= 0.3 is 0 Å². The van der Waals surface area contributed by atoms with Crippen molar-refractivity contribution in [1.82, 2.24) is 9.88 Å². The first kappa shape index (κ1) is 19.0. The van der Waals surface area contributed by atoms with Gasteiger partial charge in [0, 0.05) is 32.0 Å². The summed E-state index contributed by atoms with van der Waals surface area (Å²) in [5, 5.41) is 3.22. The Bertz CT molecular complexity index is 852. The first-order valence-corrected chi connectivity index (χ1v) is 9.64. The van der Waals surface area contributed by atoms with Crippen molar-refractivity contribution in [2.24, 2.45) is 5.92 Å². The van der Waals surface area contributed by atoms with Gasteiger partial charge < -0.3 is 10.2 Å². The zero-order chi connectivity index (χ0) is 19.2. The first-order valence-electron chi connectivity index (χ1n) is 8.82. The maximum atomic E-state index is 12.4. The van der Waals surface area contributed by atoms with Crippen molar-refractivity contribution in [3.8, 4) is 0 Å². The number of likely N-dealkylation sites (tertiary alicyclic amines) is 1. The largest absolute Gasteiger partial charge is 0.339 e. The fourth-order valence-corrected chi connectivity index (χ4v) is 3.62. The van der Waals surface area contributed by atoms with E-state index in [1.54, 1.807) is 17.1 Å². The summed E-state index contributed by atoms with van der Waals surface area (Å²) < 4.78 is 0. The van der Waals surface area contributed by atoms with Gasteiger partial charge in [-0.2, -0.15) is 0 Å². The van der Waals surface area contributed by atoms with Gasteiger partial charge in [0.25, 0.3) is 0 Å². The highest BCUT2D eigenvalue weighted by Crippen LogP contribution is 2.23. The predicted octanol–water partition coefficient (Wildman–Crippen LogP) is 3.24. The standard InChI is InChI=1S/C20H21N3O3S/c1-14(24)17-13-21-20(27-17)22-19(26)16-9-11-23(12-10-16)18(25)8-7-15-5-3-2-4-6-15/h2-8,13,16H,9-12H2,1H3,(H,21,22,26)/b8-7+. The molecule has 7 heteroatoms. The molecule has 0 aliphatic carbocycles. The zero-order valence-corrected chi connectivity index (χ0v) is 15.9. The quantitative estimate of drug-likeness (QED) is 0.635. The third-order valence-corrected chi connectivity index (χ3v) is 5.49. The van der Waals surface area contributed by atoms with Gasteiger partial charge in [-0.1, -0.05) is 41.7 Å². The van der Waals surface area contributed by atoms with Crippen molar-refractivity contribution in [2.45, 2.75) is 19.8 Å². The molecule has 1 N–H and O–H groups in total. The summed E-state index contributed by atoms with van der Waals surface area (Å²) in [4.78, 5) is 42.3. The highest BCUT2D eigenvalue weighted by Gasteiger charge is 2.27. The van der Waals surface area contributed by atoms with Gasteiger partial charge in [0.15, 0.2) is 10.9 Å². The molecule has 0 radical (unpaired) electrons. The molecule has 0 unspecified atom stereocenters. The molecule has 0 bridgehead atoms. The molecular weight excluding hydrogens is 362 g/mol. The number of thiazole rings is 1. The van der Waals surface area contributed by atoms with Crippen molar-refractivity contribution in [2.75, 3.05) is 18.4 Å². The number of anilines is 1. The second-order valence-corrected chi connectivity index (χ2v) is 7.45. The molecule has 1 fully saturated rings. The van der Waals surface area contributed by atoms with Crippen molar-refractivity contribution in [3.05, 3.63) is 53.0 Å². The fourth-order valence-electron chi connectivity index (χ4n) is 2.90. The van der Waals surface area contributed by atoms with Gasteiger partial charge in [0.1, 0.15) is 0 Å². The molecule has 1 aliphatic heterocycles. The van der Waals surface area contributed by atoms with Crippen molar-refractivity contribution < 1.29 is 14.4 Å². The van der Waals surface area contributed by atoms with E-state index >= 15 is 0 Å². The molecule has 0 spiro atoms. The number of piperidine rings is 1. The molecule has 0 atom stereocenters. The van der Waals surface area contributed by atoms with Gasteiger partial charge in [-0.15, -0.1) is 0 Å². The molecule has 0 saturated carbocycles. The van der Waals surface area contributed by atoms with Crippen LogP contribution in [-0.2, 0) is 9.59 Å². The summed E-state index contributed by atoms with van der Waals surface area (Å²) in [5.74, 6) is -0.365. The molecule has 3 rings (SSSR count). The average molecular weight is 383 g/mol. The number of aromatic nitrogens is 1. The van der Waals surface area contributed by atoms with E-state index in [1.807, 2.05) is 30.3 Å². The summed E-state index contributed by atoms with van der Waals surface area (Å²) in [6.45, 7) is 2.57. The molecule has 1 aliphatic rings. The summed E-state index contributed by atoms with van der Waals surface area (Å²) >= 11 is 1.18. The molecular formula is C20H21N3O3S. The van der Waals surface area contributed by atoms with Gasteiger partial charge in [-0.05, 0) is 24.5 Å². The number of hydrogen-bond acceptors (Lipinski definition) is 5. The Morgan fingerprint density at radius 1 is 1.19 bits per heavy atom. The van der Waals surface area contributed by atoms with Crippen LogP contribution in [0.15, 0.2) is 42.6 Å². The van der Waals surface area contributed by atoms with Crippen molar-refractivity contribution >= 4 is 40.1 Å². The number of amides is 2. The molecule has 6 nitrogen and oxygen atoms in total. The van der Waals surface area contributed by atoms with Gasteiger partial charge in [-0.3, -0.25) is 14.4 Å². The van der Waals surface area contributed by atoms with E-state index < -0.39 is 0 Å². The monoisotopic (exact) mass is 383 g/mol. The molecule has 1 aromatic heterocycles. The highest BCUT2D eigenvalue weighted by molar-refractivity contribution is 7.17. The number of rotatable bonds is 5. The lowest BCUT2D eigenvalue weighted by molar-refractivity contribution is -0.130. The summed E-state index contributed by atoms with van der Waals surface area (Å²) in [6.07, 6.45) is 6.08. The van der Waals surface area contributed by atoms with Crippen LogP contribution in [0, 0.1) is 5.92 Å². The van der Waals surface area contributed by atoms with E-state index in [9.17, 15) is 14.4 Å². The van der Waals surface area contributed by atoms with E-state index in [2.05, 4.69) is 10.3 Å². The van der Waals surface area contributed by atoms with Gasteiger partial charge in [0.05, 0.1) is 11.1 Å². The van der Waals surface area contributed by atoms with Gasteiger partial charge in [0.2, 0.25) is 11.8 Å². The zero-order valence-electron chi connectivity index (χ0n) is 15.1. The average Bonchev–Trinajstić information content (AvgIpc) is 3.16. The Morgan fingerprint density at radius 3 is 2.52 bits per heavy atom.